The lowest BCUT2D eigenvalue weighted by Gasteiger charge is -2.11. The average molecular weight is 192 g/mol. The predicted molar refractivity (Wildman–Crippen MR) is 50.2 cm³/mol. The normalized spacial score (nSPS) is 11.6. The number of ether oxygens (including phenoxy) is 2. The van der Waals surface area contributed by atoms with Crippen molar-refractivity contribution in [2.45, 2.75) is 46.5 Å². The zero-order valence-corrected chi connectivity index (χ0v) is 9.03. The van der Waals surface area contributed by atoms with E-state index in [0.717, 1.165) is 0 Å². The Morgan fingerprint density at radius 1 is 1.46 bits per heavy atom. The Bertz CT molecular complexity index is 116. The topological polar surface area (TPSA) is 55.8 Å². The molecule has 1 N–H and O–H groups in total. The number of hydrogen-bond donors (Lipinski definition) is 1. The predicted octanol–water partition coefficient (Wildman–Crippen LogP) is 1.32. The standard InChI is InChI=1S/C6H12O3.C3H8O/c1-4-6(8-3)9-5(2)7;1-3(2)4/h6H,4H2,1-3H3;3-4H,1-2H3. The molecule has 0 aromatic rings. The van der Waals surface area contributed by atoms with Crippen LogP contribution < -0.4 is 0 Å². The highest BCUT2D eigenvalue weighted by Crippen LogP contribution is 1.97. The van der Waals surface area contributed by atoms with Crippen LogP contribution in [0.25, 0.3) is 0 Å². The van der Waals surface area contributed by atoms with E-state index in [-0.39, 0.29) is 18.4 Å². The maximum absolute atomic E-state index is 10.3. The highest BCUT2D eigenvalue weighted by molar-refractivity contribution is 5.66. The molecule has 0 saturated heterocycles. The summed E-state index contributed by atoms with van der Waals surface area (Å²) in [5, 5.41) is 8.06. The molecule has 0 bridgehead atoms. The van der Waals surface area contributed by atoms with E-state index in [1.165, 1.54) is 14.0 Å². The van der Waals surface area contributed by atoms with Gasteiger partial charge in [0.25, 0.3) is 0 Å². The molecule has 0 aliphatic rings. The molecule has 80 valence electrons. The first-order valence-electron chi connectivity index (χ1n) is 4.32. The molecule has 1 atom stereocenters. The molecule has 0 aromatic heterocycles. The lowest BCUT2D eigenvalue weighted by Crippen LogP contribution is -2.16. The van der Waals surface area contributed by atoms with Crippen molar-refractivity contribution < 1.29 is 19.4 Å². The Kier molecular flexibility index (Phi) is 10.9. The molecule has 0 spiro atoms. The van der Waals surface area contributed by atoms with Crippen LogP contribution in [-0.2, 0) is 14.3 Å². The molecule has 0 fully saturated rings. The van der Waals surface area contributed by atoms with E-state index < -0.39 is 0 Å². The van der Waals surface area contributed by atoms with Gasteiger partial charge in [0, 0.05) is 26.6 Å². The number of aliphatic hydroxyl groups is 1. The molecule has 0 saturated carbocycles. The lowest BCUT2D eigenvalue weighted by molar-refractivity contribution is -0.171. The quantitative estimate of drug-likeness (QED) is 0.541. The molecular weight excluding hydrogens is 172 g/mol. The lowest BCUT2D eigenvalue weighted by atomic mass is 10.5. The molecule has 0 aromatic carbocycles. The van der Waals surface area contributed by atoms with E-state index in [9.17, 15) is 4.79 Å². The van der Waals surface area contributed by atoms with Crippen LogP contribution in [0.2, 0.25) is 0 Å². The monoisotopic (exact) mass is 192 g/mol. The third-order valence-corrected chi connectivity index (χ3v) is 0.894. The number of methoxy groups -OCH3 is 1. The molecule has 4 nitrogen and oxygen atoms in total. The highest BCUT2D eigenvalue weighted by Gasteiger charge is 2.05. The van der Waals surface area contributed by atoms with Crippen molar-refractivity contribution in [3.05, 3.63) is 0 Å². The summed E-state index contributed by atoms with van der Waals surface area (Å²) in [6.45, 7) is 6.69. The van der Waals surface area contributed by atoms with Gasteiger partial charge in [0.1, 0.15) is 0 Å². The summed E-state index contributed by atoms with van der Waals surface area (Å²) in [4.78, 5) is 10.3. The first kappa shape index (κ1) is 14.9. The minimum Gasteiger partial charge on any atom is -0.436 e. The molecule has 1 unspecified atom stereocenters. The van der Waals surface area contributed by atoms with Gasteiger partial charge in [0.05, 0.1) is 0 Å². The number of rotatable bonds is 3. The van der Waals surface area contributed by atoms with Gasteiger partial charge < -0.3 is 14.6 Å². The van der Waals surface area contributed by atoms with Crippen LogP contribution in [0.1, 0.15) is 34.1 Å². The number of aliphatic hydroxyl groups excluding tert-OH is 1. The first-order chi connectivity index (χ1) is 5.93. The van der Waals surface area contributed by atoms with Crippen LogP contribution in [0.3, 0.4) is 0 Å². The Morgan fingerprint density at radius 2 is 1.85 bits per heavy atom. The molecule has 4 heteroatoms. The van der Waals surface area contributed by atoms with Crippen molar-refractivity contribution in [1.29, 1.82) is 0 Å². The summed E-state index contributed by atoms with van der Waals surface area (Å²) in [6, 6.07) is 0. The Balaban J connectivity index is 0. The van der Waals surface area contributed by atoms with Gasteiger partial charge in [-0.05, 0) is 13.8 Å². The summed E-state index contributed by atoms with van der Waals surface area (Å²) >= 11 is 0. The largest absolute Gasteiger partial charge is 0.436 e. The summed E-state index contributed by atoms with van der Waals surface area (Å²) in [5.74, 6) is -0.302. The van der Waals surface area contributed by atoms with Gasteiger partial charge in [-0.2, -0.15) is 0 Å². The highest BCUT2D eigenvalue weighted by atomic mass is 16.7. The number of carbonyl (C=O) groups is 1. The zero-order chi connectivity index (χ0) is 10.9. The Labute approximate surface area is 79.8 Å². The number of carbonyl (C=O) groups excluding carboxylic acids is 1. The van der Waals surface area contributed by atoms with Crippen molar-refractivity contribution in [3.63, 3.8) is 0 Å². The van der Waals surface area contributed by atoms with Crippen LogP contribution in [-0.4, -0.2) is 30.6 Å². The van der Waals surface area contributed by atoms with Gasteiger partial charge in [-0.15, -0.1) is 0 Å². The molecule has 0 heterocycles. The first-order valence-corrected chi connectivity index (χ1v) is 4.32. The fourth-order valence-electron chi connectivity index (χ4n) is 0.483. The molecule has 0 radical (unpaired) electrons. The smallest absolute Gasteiger partial charge is 0.304 e. The van der Waals surface area contributed by atoms with E-state index in [0.29, 0.717) is 6.42 Å². The zero-order valence-electron chi connectivity index (χ0n) is 9.03. The van der Waals surface area contributed by atoms with Crippen LogP contribution in [0.5, 0.6) is 0 Å². The molecule has 0 aliphatic carbocycles. The van der Waals surface area contributed by atoms with E-state index in [1.807, 2.05) is 6.92 Å². The van der Waals surface area contributed by atoms with Crippen molar-refractivity contribution in [2.24, 2.45) is 0 Å². The summed E-state index contributed by atoms with van der Waals surface area (Å²) < 4.78 is 9.45. The van der Waals surface area contributed by atoms with Gasteiger partial charge >= 0.3 is 5.97 Å². The van der Waals surface area contributed by atoms with Gasteiger partial charge in [-0.1, -0.05) is 6.92 Å². The Hall–Kier alpha value is -0.610. The van der Waals surface area contributed by atoms with Crippen LogP contribution >= 0.6 is 0 Å². The van der Waals surface area contributed by atoms with Gasteiger partial charge in [-0.25, -0.2) is 0 Å². The second-order valence-electron chi connectivity index (χ2n) is 2.78. The maximum atomic E-state index is 10.3. The van der Waals surface area contributed by atoms with Crippen molar-refractivity contribution in [2.75, 3.05) is 7.11 Å². The SMILES string of the molecule is CC(C)O.CCC(OC)OC(C)=O. The van der Waals surface area contributed by atoms with E-state index in [2.05, 4.69) is 4.74 Å². The third-order valence-electron chi connectivity index (χ3n) is 0.894. The van der Waals surface area contributed by atoms with Crippen molar-refractivity contribution in [1.82, 2.24) is 0 Å². The van der Waals surface area contributed by atoms with Gasteiger partial charge in [0.15, 0.2) is 0 Å². The van der Waals surface area contributed by atoms with Crippen LogP contribution in [0.4, 0.5) is 0 Å². The van der Waals surface area contributed by atoms with E-state index in [4.69, 9.17) is 9.84 Å². The minimum absolute atomic E-state index is 0.167. The van der Waals surface area contributed by atoms with Crippen LogP contribution in [0.15, 0.2) is 0 Å². The molecule has 0 rings (SSSR count). The summed E-state index contributed by atoms with van der Waals surface area (Å²) in [7, 11) is 1.51. The summed E-state index contributed by atoms with van der Waals surface area (Å²) in [6.07, 6.45) is 0.151. The minimum atomic E-state index is -0.373. The molecule has 13 heavy (non-hydrogen) atoms. The number of hydrogen-bond acceptors (Lipinski definition) is 4. The van der Waals surface area contributed by atoms with Crippen molar-refractivity contribution >= 4 is 5.97 Å². The van der Waals surface area contributed by atoms with Gasteiger partial charge in [-0.3, -0.25) is 4.79 Å². The molecule has 0 aliphatic heterocycles. The molecule has 0 amide bonds. The van der Waals surface area contributed by atoms with Crippen LogP contribution in [0, 0.1) is 0 Å². The fourth-order valence-corrected chi connectivity index (χ4v) is 0.483. The van der Waals surface area contributed by atoms with Crippen molar-refractivity contribution in [3.8, 4) is 0 Å². The van der Waals surface area contributed by atoms with E-state index >= 15 is 0 Å². The average Bonchev–Trinajstić information content (AvgIpc) is 1.98. The third kappa shape index (κ3) is 18.4. The Morgan fingerprint density at radius 3 is 1.92 bits per heavy atom. The maximum Gasteiger partial charge on any atom is 0.304 e. The second-order valence-corrected chi connectivity index (χ2v) is 2.78. The summed E-state index contributed by atoms with van der Waals surface area (Å²) in [5.41, 5.74) is 0. The fraction of sp³-hybridized carbons (Fsp3) is 0.889. The number of esters is 1. The molecular formula is C9H20O4. The van der Waals surface area contributed by atoms with Gasteiger partial charge in [0.2, 0.25) is 6.29 Å². The van der Waals surface area contributed by atoms with E-state index in [1.54, 1.807) is 13.8 Å². The second kappa shape index (κ2) is 9.48.